The van der Waals surface area contributed by atoms with E-state index >= 15 is 0 Å². The molecule has 0 aromatic heterocycles. The summed E-state index contributed by atoms with van der Waals surface area (Å²) in [6.07, 6.45) is 2.53. The number of amides is 1. The third-order valence-electron chi connectivity index (χ3n) is 5.06. The molecule has 24 heavy (non-hydrogen) atoms. The average Bonchev–Trinajstić information content (AvgIpc) is 2.55. The quantitative estimate of drug-likeness (QED) is 0.680. The first-order valence-electron chi connectivity index (χ1n) is 8.81. The molecule has 1 fully saturated rings. The Morgan fingerprint density at radius 3 is 2.12 bits per heavy atom. The maximum Gasteiger partial charge on any atom is 0.490 e. The van der Waals surface area contributed by atoms with E-state index in [2.05, 4.69) is 33.8 Å². The van der Waals surface area contributed by atoms with E-state index in [0.717, 1.165) is 11.9 Å². The van der Waals surface area contributed by atoms with Crippen molar-refractivity contribution >= 4 is 13.2 Å². The lowest BCUT2D eigenvalue weighted by Gasteiger charge is -2.39. The molecule has 2 heterocycles. The van der Waals surface area contributed by atoms with Gasteiger partial charge in [0, 0.05) is 6.04 Å². The first kappa shape index (κ1) is 19.3. The highest BCUT2D eigenvalue weighted by Gasteiger charge is 2.53. The summed E-state index contributed by atoms with van der Waals surface area (Å²) in [7, 11) is -0.347. The topological polar surface area (TPSA) is 48.0 Å². The van der Waals surface area contributed by atoms with Gasteiger partial charge in [-0.05, 0) is 74.2 Å². The molecule has 2 rings (SSSR count). The van der Waals surface area contributed by atoms with Crippen LogP contribution >= 0.6 is 0 Å². The summed E-state index contributed by atoms with van der Waals surface area (Å²) in [4.78, 5) is 14.3. The van der Waals surface area contributed by atoms with Gasteiger partial charge in [0.15, 0.2) is 0 Å². The van der Waals surface area contributed by atoms with Gasteiger partial charge < -0.3 is 14.0 Å². The molecule has 5 nitrogen and oxygen atoms in total. The number of carbonyl (C=O) groups excluding carboxylic acids is 1. The molecule has 0 saturated carbocycles. The van der Waals surface area contributed by atoms with Crippen LogP contribution in [0.2, 0.25) is 0 Å². The molecule has 0 aliphatic carbocycles. The molecule has 0 spiro atoms. The molecule has 6 heteroatoms. The molecule has 136 valence electrons. The van der Waals surface area contributed by atoms with Crippen LogP contribution in [0.1, 0.15) is 68.7 Å². The van der Waals surface area contributed by atoms with Gasteiger partial charge in [-0.2, -0.15) is 0 Å². The Kier molecular flexibility index (Phi) is 4.88. The maximum absolute atomic E-state index is 12.5. The Balaban J connectivity index is 2.15. The molecule has 0 aromatic rings. The monoisotopic (exact) mass is 337 g/mol. The molecule has 2 aliphatic heterocycles. The SMILES string of the molecule is C[C@@H]1CC(B2OC(C)(C)C(C)(C)O2)=C[C@H](C)N1C(=O)OC(C)(C)C. The molecule has 2 aliphatic rings. The number of hydrogen-bond donors (Lipinski definition) is 0. The van der Waals surface area contributed by atoms with E-state index in [1.807, 2.05) is 34.6 Å². The van der Waals surface area contributed by atoms with Crippen LogP contribution in [-0.2, 0) is 14.0 Å². The van der Waals surface area contributed by atoms with Gasteiger partial charge in [0.1, 0.15) is 5.60 Å². The van der Waals surface area contributed by atoms with Crippen molar-refractivity contribution in [3.63, 3.8) is 0 Å². The fourth-order valence-corrected chi connectivity index (χ4v) is 3.13. The summed E-state index contributed by atoms with van der Waals surface area (Å²) in [6, 6.07) is -0.0218. The van der Waals surface area contributed by atoms with Crippen LogP contribution in [0.5, 0.6) is 0 Å². The third kappa shape index (κ3) is 3.80. The summed E-state index contributed by atoms with van der Waals surface area (Å²) in [6.45, 7) is 17.9. The van der Waals surface area contributed by atoms with Gasteiger partial charge in [-0.3, -0.25) is 4.90 Å². The predicted molar refractivity (Wildman–Crippen MR) is 95.8 cm³/mol. The number of carbonyl (C=O) groups is 1. The van der Waals surface area contributed by atoms with Gasteiger partial charge in [-0.1, -0.05) is 6.08 Å². The molecule has 1 amide bonds. The van der Waals surface area contributed by atoms with E-state index < -0.39 is 5.60 Å². The van der Waals surface area contributed by atoms with Crippen molar-refractivity contribution < 1.29 is 18.8 Å². The van der Waals surface area contributed by atoms with Gasteiger partial charge in [0.2, 0.25) is 0 Å². The molecule has 0 aromatic carbocycles. The van der Waals surface area contributed by atoms with Crippen molar-refractivity contribution in [2.75, 3.05) is 0 Å². The molecular formula is C18H32BNO4. The minimum atomic E-state index is -0.494. The zero-order valence-electron chi connectivity index (χ0n) is 16.6. The van der Waals surface area contributed by atoms with Crippen LogP contribution in [0, 0.1) is 0 Å². The van der Waals surface area contributed by atoms with Crippen molar-refractivity contribution in [1.29, 1.82) is 0 Å². The molecule has 0 N–H and O–H groups in total. The molecule has 0 bridgehead atoms. The van der Waals surface area contributed by atoms with E-state index in [4.69, 9.17) is 14.0 Å². The van der Waals surface area contributed by atoms with Gasteiger partial charge in [-0.25, -0.2) is 4.79 Å². The van der Waals surface area contributed by atoms with Gasteiger partial charge >= 0.3 is 13.2 Å². The maximum atomic E-state index is 12.5. The minimum Gasteiger partial charge on any atom is -0.444 e. The lowest BCUT2D eigenvalue weighted by atomic mass is 9.72. The van der Waals surface area contributed by atoms with E-state index in [0.29, 0.717) is 0 Å². The normalized spacial score (nSPS) is 29.5. The molecule has 1 saturated heterocycles. The lowest BCUT2D eigenvalue weighted by Crippen LogP contribution is -2.50. The number of hydrogen-bond acceptors (Lipinski definition) is 4. The average molecular weight is 337 g/mol. The lowest BCUT2D eigenvalue weighted by molar-refractivity contribution is 0.00578. The second-order valence-electron chi connectivity index (χ2n) is 9.01. The summed E-state index contributed by atoms with van der Waals surface area (Å²) in [5.41, 5.74) is -0.0965. The standard InChI is InChI=1S/C18H32BNO4/c1-12-10-14(19-23-17(6,7)18(8,9)24-19)11-13(2)20(12)15(21)22-16(3,4)5/h10,12-13H,11H2,1-9H3/t12-,13+/m0/s1. The smallest absolute Gasteiger partial charge is 0.444 e. The van der Waals surface area contributed by atoms with Crippen molar-refractivity contribution in [2.24, 2.45) is 0 Å². The van der Waals surface area contributed by atoms with Crippen molar-refractivity contribution in [3.05, 3.63) is 11.5 Å². The Hall–Kier alpha value is -1.01. The van der Waals surface area contributed by atoms with E-state index in [1.165, 1.54) is 0 Å². The Labute approximate surface area is 146 Å². The van der Waals surface area contributed by atoms with Crippen molar-refractivity contribution in [2.45, 2.75) is 97.6 Å². The van der Waals surface area contributed by atoms with E-state index in [1.54, 1.807) is 4.90 Å². The van der Waals surface area contributed by atoms with Crippen LogP contribution < -0.4 is 0 Å². The molecule has 0 unspecified atom stereocenters. The van der Waals surface area contributed by atoms with Crippen molar-refractivity contribution in [1.82, 2.24) is 4.90 Å². The highest BCUT2D eigenvalue weighted by molar-refractivity contribution is 6.54. The van der Waals surface area contributed by atoms with Crippen LogP contribution in [0.15, 0.2) is 11.5 Å². The summed E-state index contributed by atoms with van der Waals surface area (Å²) < 4.78 is 17.8. The van der Waals surface area contributed by atoms with E-state index in [9.17, 15) is 4.79 Å². The fraction of sp³-hybridized carbons (Fsp3) is 0.833. The van der Waals surface area contributed by atoms with Gasteiger partial charge in [0.25, 0.3) is 0 Å². The largest absolute Gasteiger partial charge is 0.490 e. The summed E-state index contributed by atoms with van der Waals surface area (Å²) >= 11 is 0. The molecule has 0 radical (unpaired) electrons. The second kappa shape index (κ2) is 6.06. The predicted octanol–water partition coefficient (Wildman–Crippen LogP) is 3.96. The zero-order valence-corrected chi connectivity index (χ0v) is 16.6. The first-order valence-corrected chi connectivity index (χ1v) is 8.81. The third-order valence-corrected chi connectivity index (χ3v) is 5.06. The zero-order chi connectivity index (χ0) is 18.5. The summed E-state index contributed by atoms with van der Waals surface area (Å²) in [5, 5.41) is 0. The molecular weight excluding hydrogens is 305 g/mol. The minimum absolute atomic E-state index is 0.0360. The Morgan fingerprint density at radius 1 is 1.21 bits per heavy atom. The Morgan fingerprint density at radius 2 is 1.71 bits per heavy atom. The highest BCUT2D eigenvalue weighted by Crippen LogP contribution is 2.40. The fourth-order valence-electron chi connectivity index (χ4n) is 3.13. The molecule has 2 atom stereocenters. The number of ether oxygens (including phenoxy) is 1. The second-order valence-corrected chi connectivity index (χ2v) is 9.01. The van der Waals surface area contributed by atoms with Crippen LogP contribution in [-0.4, -0.2) is 47.0 Å². The van der Waals surface area contributed by atoms with Crippen LogP contribution in [0.4, 0.5) is 4.79 Å². The van der Waals surface area contributed by atoms with Crippen molar-refractivity contribution in [3.8, 4) is 0 Å². The number of nitrogens with zero attached hydrogens (tertiary/aromatic N) is 1. The highest BCUT2D eigenvalue weighted by atomic mass is 16.7. The van der Waals surface area contributed by atoms with E-state index in [-0.39, 0.29) is 36.5 Å². The first-order chi connectivity index (χ1) is 10.7. The van der Waals surface area contributed by atoms with Gasteiger partial charge in [0.05, 0.1) is 17.2 Å². The Bertz CT molecular complexity index is 520. The summed E-state index contributed by atoms with van der Waals surface area (Å²) in [5.74, 6) is 0. The van der Waals surface area contributed by atoms with Crippen LogP contribution in [0.3, 0.4) is 0 Å². The van der Waals surface area contributed by atoms with Gasteiger partial charge in [-0.15, -0.1) is 0 Å². The number of rotatable bonds is 1. The van der Waals surface area contributed by atoms with Crippen LogP contribution in [0.25, 0.3) is 0 Å².